The van der Waals surface area contributed by atoms with Crippen molar-refractivity contribution < 1.29 is 0 Å². The van der Waals surface area contributed by atoms with E-state index in [0.29, 0.717) is 11.8 Å². The standard InChI is InChI=1S/C18H26N2/c1-4-20(13-16(12-19)14(2)3)18-11-7-9-15-8-5-6-10-17(15)18/h5-11,14,16H,4,12-13,19H2,1-3H3. The lowest BCUT2D eigenvalue weighted by Crippen LogP contribution is -2.35. The molecule has 20 heavy (non-hydrogen) atoms. The maximum Gasteiger partial charge on any atom is 0.0445 e. The van der Waals surface area contributed by atoms with Crippen LogP contribution in [-0.4, -0.2) is 19.6 Å². The molecule has 0 fully saturated rings. The summed E-state index contributed by atoms with van der Waals surface area (Å²) in [5.74, 6) is 1.15. The topological polar surface area (TPSA) is 29.3 Å². The first-order chi connectivity index (χ1) is 9.67. The summed E-state index contributed by atoms with van der Waals surface area (Å²) in [6, 6.07) is 15.1. The van der Waals surface area contributed by atoms with Crippen LogP contribution in [-0.2, 0) is 0 Å². The highest BCUT2D eigenvalue weighted by molar-refractivity contribution is 5.94. The maximum atomic E-state index is 5.94. The summed E-state index contributed by atoms with van der Waals surface area (Å²) in [6.45, 7) is 9.52. The summed E-state index contributed by atoms with van der Waals surface area (Å²) in [6.07, 6.45) is 0. The van der Waals surface area contributed by atoms with Crippen LogP contribution in [0, 0.1) is 11.8 Å². The molecule has 2 N–H and O–H groups in total. The molecule has 2 nitrogen and oxygen atoms in total. The van der Waals surface area contributed by atoms with E-state index < -0.39 is 0 Å². The van der Waals surface area contributed by atoms with E-state index in [4.69, 9.17) is 5.73 Å². The number of hydrogen-bond acceptors (Lipinski definition) is 2. The zero-order valence-electron chi connectivity index (χ0n) is 12.8. The van der Waals surface area contributed by atoms with Gasteiger partial charge in [-0.1, -0.05) is 50.2 Å². The van der Waals surface area contributed by atoms with Crippen LogP contribution in [0.25, 0.3) is 10.8 Å². The van der Waals surface area contributed by atoms with E-state index in [-0.39, 0.29) is 0 Å². The second-order valence-corrected chi connectivity index (χ2v) is 5.78. The molecule has 1 unspecified atom stereocenters. The van der Waals surface area contributed by atoms with Crippen molar-refractivity contribution in [3.63, 3.8) is 0 Å². The molecule has 1 atom stereocenters. The molecule has 0 bridgehead atoms. The minimum atomic E-state index is 0.536. The van der Waals surface area contributed by atoms with Crippen LogP contribution in [0.1, 0.15) is 20.8 Å². The Kier molecular flexibility index (Phi) is 5.02. The van der Waals surface area contributed by atoms with Gasteiger partial charge in [0.05, 0.1) is 0 Å². The number of hydrogen-bond donors (Lipinski definition) is 1. The molecule has 0 aromatic heterocycles. The fourth-order valence-electron chi connectivity index (χ4n) is 2.72. The molecule has 0 saturated heterocycles. The van der Waals surface area contributed by atoms with Gasteiger partial charge in [0.1, 0.15) is 0 Å². The zero-order valence-corrected chi connectivity index (χ0v) is 12.8. The molecule has 0 aliphatic heterocycles. The van der Waals surface area contributed by atoms with Gasteiger partial charge >= 0.3 is 0 Å². The second kappa shape index (κ2) is 6.76. The average Bonchev–Trinajstić information content (AvgIpc) is 2.48. The predicted octanol–water partition coefficient (Wildman–Crippen LogP) is 3.90. The van der Waals surface area contributed by atoms with Gasteiger partial charge in [-0.25, -0.2) is 0 Å². The van der Waals surface area contributed by atoms with Crippen LogP contribution < -0.4 is 10.6 Å². The average molecular weight is 270 g/mol. The van der Waals surface area contributed by atoms with Crippen LogP contribution >= 0.6 is 0 Å². The molecule has 108 valence electrons. The van der Waals surface area contributed by atoms with Gasteiger partial charge in [0.15, 0.2) is 0 Å². The van der Waals surface area contributed by atoms with E-state index in [2.05, 4.69) is 68.1 Å². The van der Waals surface area contributed by atoms with Gasteiger partial charge in [0.2, 0.25) is 0 Å². The van der Waals surface area contributed by atoms with Crippen LogP contribution in [0.15, 0.2) is 42.5 Å². The quantitative estimate of drug-likeness (QED) is 0.862. The smallest absolute Gasteiger partial charge is 0.0445 e. The van der Waals surface area contributed by atoms with E-state index in [1.807, 2.05) is 0 Å². The third-order valence-corrected chi connectivity index (χ3v) is 4.19. The molecule has 0 aliphatic rings. The van der Waals surface area contributed by atoms with Gasteiger partial charge in [-0.3, -0.25) is 0 Å². The summed E-state index contributed by atoms with van der Waals surface area (Å²) in [5, 5.41) is 2.63. The van der Waals surface area contributed by atoms with Crippen molar-refractivity contribution >= 4 is 16.5 Å². The van der Waals surface area contributed by atoms with E-state index in [1.54, 1.807) is 0 Å². The maximum absolute atomic E-state index is 5.94. The van der Waals surface area contributed by atoms with Gasteiger partial charge in [-0.15, -0.1) is 0 Å². The molecule has 0 amide bonds. The summed E-state index contributed by atoms with van der Waals surface area (Å²) in [4.78, 5) is 2.46. The summed E-state index contributed by atoms with van der Waals surface area (Å²) < 4.78 is 0. The fourth-order valence-corrected chi connectivity index (χ4v) is 2.72. The van der Waals surface area contributed by atoms with Gasteiger partial charge in [-0.2, -0.15) is 0 Å². The first kappa shape index (κ1) is 14.9. The van der Waals surface area contributed by atoms with Crippen molar-refractivity contribution in [3.05, 3.63) is 42.5 Å². The SMILES string of the molecule is CCN(CC(CN)C(C)C)c1cccc2ccccc12. The molecule has 0 heterocycles. The summed E-state index contributed by atoms with van der Waals surface area (Å²) >= 11 is 0. The van der Waals surface area contributed by atoms with E-state index in [1.165, 1.54) is 16.5 Å². The van der Waals surface area contributed by atoms with Crippen LogP contribution in [0.5, 0.6) is 0 Å². The minimum Gasteiger partial charge on any atom is -0.371 e. The Labute approximate surface area is 122 Å². The van der Waals surface area contributed by atoms with Crippen LogP contribution in [0.3, 0.4) is 0 Å². The van der Waals surface area contributed by atoms with Crippen molar-refractivity contribution in [2.24, 2.45) is 17.6 Å². The number of rotatable bonds is 6. The third kappa shape index (κ3) is 3.13. The normalized spacial score (nSPS) is 12.8. The Morgan fingerprint density at radius 2 is 1.75 bits per heavy atom. The molecule has 0 radical (unpaired) electrons. The highest BCUT2D eigenvalue weighted by Gasteiger charge is 2.17. The Morgan fingerprint density at radius 1 is 1.05 bits per heavy atom. The second-order valence-electron chi connectivity index (χ2n) is 5.78. The molecule has 2 rings (SSSR count). The Hall–Kier alpha value is -1.54. The number of nitrogens with zero attached hydrogens (tertiary/aromatic N) is 1. The van der Waals surface area contributed by atoms with Crippen LogP contribution in [0.2, 0.25) is 0 Å². The fraction of sp³-hybridized carbons (Fsp3) is 0.444. The minimum absolute atomic E-state index is 0.536. The Balaban J connectivity index is 2.34. The van der Waals surface area contributed by atoms with Crippen molar-refractivity contribution in [2.45, 2.75) is 20.8 Å². The predicted molar refractivity (Wildman–Crippen MR) is 89.2 cm³/mol. The Morgan fingerprint density at radius 3 is 2.40 bits per heavy atom. The van der Waals surface area contributed by atoms with Gasteiger partial charge in [0, 0.05) is 24.2 Å². The number of nitrogens with two attached hydrogens (primary N) is 1. The largest absolute Gasteiger partial charge is 0.371 e. The lowest BCUT2D eigenvalue weighted by atomic mass is 9.95. The van der Waals surface area contributed by atoms with Crippen LogP contribution in [0.4, 0.5) is 5.69 Å². The molecule has 2 aromatic carbocycles. The molecular formula is C18H26N2. The van der Waals surface area contributed by atoms with Gasteiger partial charge in [-0.05, 0) is 36.8 Å². The molecule has 2 aromatic rings. The zero-order chi connectivity index (χ0) is 14.5. The van der Waals surface area contributed by atoms with Gasteiger partial charge < -0.3 is 10.6 Å². The van der Waals surface area contributed by atoms with Crippen molar-refractivity contribution in [1.29, 1.82) is 0 Å². The number of benzene rings is 2. The molecule has 0 spiro atoms. The van der Waals surface area contributed by atoms with Crippen molar-refractivity contribution in [1.82, 2.24) is 0 Å². The monoisotopic (exact) mass is 270 g/mol. The molecule has 0 saturated carbocycles. The molecule has 2 heteroatoms. The van der Waals surface area contributed by atoms with E-state index in [0.717, 1.165) is 19.6 Å². The third-order valence-electron chi connectivity index (χ3n) is 4.19. The first-order valence-electron chi connectivity index (χ1n) is 7.60. The van der Waals surface area contributed by atoms with E-state index in [9.17, 15) is 0 Å². The van der Waals surface area contributed by atoms with Crippen molar-refractivity contribution in [3.8, 4) is 0 Å². The highest BCUT2D eigenvalue weighted by Crippen LogP contribution is 2.27. The van der Waals surface area contributed by atoms with E-state index >= 15 is 0 Å². The number of anilines is 1. The summed E-state index contributed by atoms with van der Waals surface area (Å²) in [5.41, 5.74) is 7.26. The number of fused-ring (bicyclic) bond motifs is 1. The molecular weight excluding hydrogens is 244 g/mol. The lowest BCUT2D eigenvalue weighted by Gasteiger charge is -2.30. The Bertz CT molecular complexity index is 543. The van der Waals surface area contributed by atoms with Gasteiger partial charge in [0.25, 0.3) is 0 Å². The lowest BCUT2D eigenvalue weighted by molar-refractivity contribution is 0.394. The first-order valence-corrected chi connectivity index (χ1v) is 7.60. The molecule has 0 aliphatic carbocycles. The highest BCUT2D eigenvalue weighted by atomic mass is 15.1. The van der Waals surface area contributed by atoms with Crippen molar-refractivity contribution in [2.75, 3.05) is 24.5 Å². The summed E-state index contributed by atoms with van der Waals surface area (Å²) in [7, 11) is 0.